The van der Waals surface area contributed by atoms with E-state index in [4.69, 9.17) is 9.47 Å². The van der Waals surface area contributed by atoms with Crippen molar-refractivity contribution in [3.8, 4) is 5.75 Å². The maximum Gasteiger partial charge on any atom is 0.264 e. The van der Waals surface area contributed by atoms with E-state index in [1.807, 2.05) is 6.92 Å². The van der Waals surface area contributed by atoms with Crippen LogP contribution in [0, 0.1) is 0 Å². The zero-order valence-corrected chi connectivity index (χ0v) is 12.9. The van der Waals surface area contributed by atoms with Crippen LogP contribution in [0.5, 0.6) is 5.75 Å². The van der Waals surface area contributed by atoms with Crippen molar-refractivity contribution in [1.29, 1.82) is 0 Å². The van der Waals surface area contributed by atoms with Crippen molar-refractivity contribution in [2.45, 2.75) is 11.8 Å². The van der Waals surface area contributed by atoms with Crippen LogP contribution in [0.3, 0.4) is 0 Å². The second kappa shape index (κ2) is 7.71. The van der Waals surface area contributed by atoms with Gasteiger partial charge in [0, 0.05) is 6.61 Å². The summed E-state index contributed by atoms with van der Waals surface area (Å²) in [5, 5.41) is 0. The third kappa shape index (κ3) is 4.68. The Balaban J connectivity index is 1.96. The third-order valence-corrected chi connectivity index (χ3v) is 3.95. The number of nitrogens with zero attached hydrogens (tertiary/aromatic N) is 2. The first-order valence-electron chi connectivity index (χ1n) is 6.72. The van der Waals surface area contributed by atoms with E-state index in [2.05, 4.69) is 14.7 Å². The molecule has 1 aromatic carbocycles. The molecule has 0 saturated heterocycles. The molecule has 1 aromatic heterocycles. The Kier molecular flexibility index (Phi) is 5.68. The van der Waals surface area contributed by atoms with Crippen LogP contribution < -0.4 is 9.46 Å². The Labute approximate surface area is 129 Å². The van der Waals surface area contributed by atoms with Crippen molar-refractivity contribution >= 4 is 16.0 Å². The average molecular weight is 323 g/mol. The van der Waals surface area contributed by atoms with Gasteiger partial charge in [-0.05, 0) is 19.1 Å². The number of rotatable bonds is 8. The van der Waals surface area contributed by atoms with Gasteiger partial charge in [0.1, 0.15) is 6.61 Å². The molecule has 8 heteroatoms. The maximum atomic E-state index is 12.1. The van der Waals surface area contributed by atoms with Crippen molar-refractivity contribution < 1.29 is 17.9 Å². The Hall–Kier alpha value is -2.19. The first-order chi connectivity index (χ1) is 10.6. The fourth-order valence-corrected chi connectivity index (χ4v) is 2.56. The molecule has 0 aliphatic carbocycles. The van der Waals surface area contributed by atoms with Gasteiger partial charge in [0.25, 0.3) is 10.0 Å². The van der Waals surface area contributed by atoms with Gasteiger partial charge in [-0.1, -0.05) is 18.2 Å². The zero-order valence-electron chi connectivity index (χ0n) is 12.1. The van der Waals surface area contributed by atoms with Crippen LogP contribution in [0.2, 0.25) is 0 Å². The van der Waals surface area contributed by atoms with Gasteiger partial charge in [-0.25, -0.2) is 23.1 Å². The summed E-state index contributed by atoms with van der Waals surface area (Å²) in [6, 6.07) is 8.01. The molecule has 2 rings (SSSR count). The van der Waals surface area contributed by atoms with Crippen LogP contribution in [-0.2, 0) is 14.8 Å². The number of hydrogen-bond acceptors (Lipinski definition) is 6. The summed E-state index contributed by atoms with van der Waals surface area (Å²) in [4.78, 5) is 7.99. The predicted molar refractivity (Wildman–Crippen MR) is 81.3 cm³/mol. The minimum atomic E-state index is -3.69. The summed E-state index contributed by atoms with van der Waals surface area (Å²) in [7, 11) is -3.69. The second-order valence-corrected chi connectivity index (χ2v) is 5.89. The normalized spacial score (nSPS) is 11.1. The van der Waals surface area contributed by atoms with Gasteiger partial charge >= 0.3 is 0 Å². The smallest absolute Gasteiger partial charge is 0.264 e. The quantitative estimate of drug-likeness (QED) is 0.744. The van der Waals surface area contributed by atoms with Crippen molar-refractivity contribution in [3.05, 3.63) is 42.7 Å². The van der Waals surface area contributed by atoms with Crippen LogP contribution in [0.25, 0.3) is 0 Å². The Morgan fingerprint density at radius 3 is 2.41 bits per heavy atom. The first-order valence-corrected chi connectivity index (χ1v) is 8.20. The molecule has 118 valence electrons. The van der Waals surface area contributed by atoms with Gasteiger partial charge in [0.05, 0.1) is 23.9 Å². The molecule has 0 unspecified atom stereocenters. The molecule has 0 amide bonds. The number of nitrogens with one attached hydrogen (secondary N) is 1. The molecule has 1 N–H and O–H groups in total. The first kappa shape index (κ1) is 16.2. The summed E-state index contributed by atoms with van der Waals surface area (Å²) in [6.45, 7) is 3.38. The van der Waals surface area contributed by atoms with E-state index in [-0.39, 0.29) is 10.8 Å². The molecule has 0 fully saturated rings. The molecule has 22 heavy (non-hydrogen) atoms. The molecule has 2 aromatic rings. The van der Waals surface area contributed by atoms with Crippen molar-refractivity contribution in [3.63, 3.8) is 0 Å². The lowest BCUT2D eigenvalue weighted by molar-refractivity contribution is 0.110. The largest absolute Gasteiger partial charge is 0.488 e. The number of ether oxygens (including phenoxy) is 2. The lowest BCUT2D eigenvalue weighted by atomic mass is 10.4. The zero-order chi connectivity index (χ0) is 15.8. The van der Waals surface area contributed by atoms with Gasteiger partial charge < -0.3 is 9.47 Å². The van der Waals surface area contributed by atoms with E-state index in [1.165, 1.54) is 24.5 Å². The van der Waals surface area contributed by atoms with E-state index in [0.717, 1.165) is 0 Å². The van der Waals surface area contributed by atoms with E-state index in [9.17, 15) is 8.42 Å². The molecule has 0 bridgehead atoms. The Morgan fingerprint density at radius 1 is 1.09 bits per heavy atom. The molecule has 1 heterocycles. The second-order valence-electron chi connectivity index (χ2n) is 4.21. The van der Waals surface area contributed by atoms with Crippen LogP contribution >= 0.6 is 0 Å². The molecule has 0 aliphatic rings. The SMILES string of the molecule is CCOCCOc1cnc(NS(=O)(=O)c2ccccc2)nc1. The number of sulfonamides is 1. The maximum absolute atomic E-state index is 12.1. The number of benzene rings is 1. The van der Waals surface area contributed by atoms with Crippen LogP contribution in [0.4, 0.5) is 5.95 Å². The predicted octanol–water partition coefficient (Wildman–Crippen LogP) is 1.69. The molecule has 0 spiro atoms. The highest BCUT2D eigenvalue weighted by Gasteiger charge is 2.14. The minimum absolute atomic E-state index is 0.0130. The van der Waals surface area contributed by atoms with Crippen LogP contribution in [-0.4, -0.2) is 38.2 Å². The van der Waals surface area contributed by atoms with Gasteiger partial charge in [0.15, 0.2) is 5.75 Å². The third-order valence-electron chi connectivity index (χ3n) is 2.61. The molecular weight excluding hydrogens is 306 g/mol. The fraction of sp³-hybridized carbons (Fsp3) is 0.286. The molecular formula is C14H17N3O4S. The van der Waals surface area contributed by atoms with E-state index in [0.29, 0.717) is 25.6 Å². The van der Waals surface area contributed by atoms with Crippen LogP contribution in [0.1, 0.15) is 6.92 Å². The standard InChI is InChI=1S/C14H17N3O4S/c1-2-20-8-9-21-12-10-15-14(16-11-12)17-22(18,19)13-6-4-3-5-7-13/h3-7,10-11H,2,8-9H2,1H3,(H,15,16,17). The topological polar surface area (TPSA) is 90.4 Å². The highest BCUT2D eigenvalue weighted by atomic mass is 32.2. The van der Waals surface area contributed by atoms with Gasteiger partial charge in [-0.2, -0.15) is 0 Å². The Bertz CT molecular complexity index is 675. The molecule has 7 nitrogen and oxygen atoms in total. The van der Waals surface area contributed by atoms with Crippen molar-refractivity contribution in [2.24, 2.45) is 0 Å². The van der Waals surface area contributed by atoms with Gasteiger partial charge in [-0.15, -0.1) is 0 Å². The van der Waals surface area contributed by atoms with Gasteiger partial charge in [-0.3, -0.25) is 0 Å². The lowest BCUT2D eigenvalue weighted by Gasteiger charge is -2.08. The van der Waals surface area contributed by atoms with Crippen LogP contribution in [0.15, 0.2) is 47.6 Å². The number of anilines is 1. The van der Waals surface area contributed by atoms with E-state index < -0.39 is 10.0 Å². The monoisotopic (exact) mass is 323 g/mol. The summed E-state index contributed by atoms with van der Waals surface area (Å²) in [5.41, 5.74) is 0. The molecule has 0 atom stereocenters. The minimum Gasteiger partial charge on any atom is -0.488 e. The average Bonchev–Trinajstić information content (AvgIpc) is 2.54. The molecule has 0 saturated carbocycles. The summed E-state index contributed by atoms with van der Waals surface area (Å²) >= 11 is 0. The highest BCUT2D eigenvalue weighted by molar-refractivity contribution is 7.92. The fourth-order valence-electron chi connectivity index (χ4n) is 1.58. The molecule has 0 radical (unpaired) electrons. The number of aromatic nitrogens is 2. The summed E-state index contributed by atoms with van der Waals surface area (Å²) in [5.74, 6) is 0.434. The Morgan fingerprint density at radius 2 is 1.77 bits per heavy atom. The summed E-state index contributed by atoms with van der Waals surface area (Å²) in [6.07, 6.45) is 2.81. The van der Waals surface area contributed by atoms with E-state index >= 15 is 0 Å². The number of hydrogen-bond donors (Lipinski definition) is 1. The lowest BCUT2D eigenvalue weighted by Crippen LogP contribution is -2.15. The van der Waals surface area contributed by atoms with Gasteiger partial charge in [0.2, 0.25) is 5.95 Å². The summed E-state index contributed by atoms with van der Waals surface area (Å²) < 4.78 is 37.0. The molecule has 0 aliphatic heterocycles. The van der Waals surface area contributed by atoms with E-state index in [1.54, 1.807) is 18.2 Å². The highest BCUT2D eigenvalue weighted by Crippen LogP contribution is 2.14. The van der Waals surface area contributed by atoms with Crippen molar-refractivity contribution in [2.75, 3.05) is 24.5 Å². The van der Waals surface area contributed by atoms with Crippen molar-refractivity contribution in [1.82, 2.24) is 9.97 Å².